The highest BCUT2D eigenvalue weighted by Gasteiger charge is 2.26. The molecule has 3 aromatic rings. The van der Waals surface area contributed by atoms with E-state index in [1.165, 1.54) is 4.88 Å². The summed E-state index contributed by atoms with van der Waals surface area (Å²) in [5, 5.41) is 5.01. The van der Waals surface area contributed by atoms with E-state index in [9.17, 15) is 4.79 Å². The van der Waals surface area contributed by atoms with Crippen LogP contribution in [0.3, 0.4) is 0 Å². The van der Waals surface area contributed by atoms with Crippen LogP contribution in [0.5, 0.6) is 0 Å². The zero-order chi connectivity index (χ0) is 17.9. The summed E-state index contributed by atoms with van der Waals surface area (Å²) in [5.41, 5.74) is 3.73. The normalized spacial score (nSPS) is 14.1. The van der Waals surface area contributed by atoms with Crippen molar-refractivity contribution in [3.05, 3.63) is 71.6 Å². The quantitative estimate of drug-likeness (QED) is 0.725. The number of benzene rings is 2. The lowest BCUT2D eigenvalue weighted by Crippen LogP contribution is -2.51. The first-order chi connectivity index (χ1) is 12.7. The summed E-state index contributed by atoms with van der Waals surface area (Å²) < 4.78 is 5.30. The van der Waals surface area contributed by atoms with Crippen LogP contribution in [0.15, 0.2) is 66.0 Å². The SMILES string of the molecule is COC1CN(c2ccc(NC(=O)c3ccc(-c4cccs4)cc3)cc2)C1. The lowest BCUT2D eigenvalue weighted by molar-refractivity contribution is 0.0788. The predicted molar refractivity (Wildman–Crippen MR) is 107 cm³/mol. The molecular weight excluding hydrogens is 344 g/mol. The minimum absolute atomic E-state index is 0.0983. The van der Waals surface area contributed by atoms with Gasteiger partial charge in [0.25, 0.3) is 5.91 Å². The van der Waals surface area contributed by atoms with Crippen molar-refractivity contribution in [1.29, 1.82) is 0 Å². The molecular formula is C21H20N2O2S. The molecule has 5 heteroatoms. The zero-order valence-electron chi connectivity index (χ0n) is 14.5. The van der Waals surface area contributed by atoms with Gasteiger partial charge in [-0.2, -0.15) is 0 Å². The van der Waals surface area contributed by atoms with Crippen molar-refractivity contribution in [2.24, 2.45) is 0 Å². The molecule has 4 nitrogen and oxygen atoms in total. The van der Waals surface area contributed by atoms with Crippen molar-refractivity contribution in [2.45, 2.75) is 6.10 Å². The van der Waals surface area contributed by atoms with Crippen molar-refractivity contribution in [1.82, 2.24) is 0 Å². The van der Waals surface area contributed by atoms with E-state index < -0.39 is 0 Å². The second-order valence-corrected chi connectivity index (χ2v) is 7.27. The second kappa shape index (κ2) is 7.32. The fraction of sp³-hybridized carbons (Fsp3) is 0.190. The topological polar surface area (TPSA) is 41.6 Å². The van der Waals surface area contributed by atoms with Gasteiger partial charge in [-0.3, -0.25) is 4.79 Å². The molecule has 1 aliphatic rings. The molecule has 1 aliphatic heterocycles. The lowest BCUT2D eigenvalue weighted by atomic mass is 10.1. The van der Waals surface area contributed by atoms with Crippen LogP contribution in [-0.2, 0) is 4.74 Å². The van der Waals surface area contributed by atoms with Crippen LogP contribution in [0.1, 0.15) is 10.4 Å². The number of nitrogens with one attached hydrogen (secondary N) is 1. The van der Waals surface area contributed by atoms with Gasteiger partial charge in [0.2, 0.25) is 0 Å². The molecule has 0 aliphatic carbocycles. The molecule has 2 aromatic carbocycles. The maximum atomic E-state index is 12.4. The number of methoxy groups -OCH3 is 1. The Hall–Kier alpha value is -2.63. The summed E-state index contributed by atoms with van der Waals surface area (Å²) in [7, 11) is 1.74. The highest BCUT2D eigenvalue weighted by atomic mass is 32.1. The standard InChI is InChI=1S/C21H20N2O2S/c1-25-19-13-23(14-19)18-10-8-17(9-11-18)22-21(24)16-6-4-15(5-7-16)20-3-2-12-26-20/h2-12,19H,13-14H2,1H3,(H,22,24). The summed E-state index contributed by atoms with van der Waals surface area (Å²) in [6.07, 6.45) is 0.325. The lowest BCUT2D eigenvalue weighted by Gasteiger charge is -2.40. The molecule has 1 N–H and O–H groups in total. The summed E-state index contributed by atoms with van der Waals surface area (Å²) in [6.45, 7) is 1.83. The zero-order valence-corrected chi connectivity index (χ0v) is 15.3. The van der Waals surface area contributed by atoms with Gasteiger partial charge in [-0.15, -0.1) is 11.3 Å². The number of anilines is 2. The average Bonchev–Trinajstić information content (AvgIpc) is 3.17. The van der Waals surface area contributed by atoms with Crippen LogP contribution in [0.25, 0.3) is 10.4 Å². The molecule has 1 amide bonds. The Kier molecular flexibility index (Phi) is 4.73. The van der Waals surface area contributed by atoms with Crippen molar-refractivity contribution in [3.8, 4) is 10.4 Å². The van der Waals surface area contributed by atoms with E-state index in [1.54, 1.807) is 18.4 Å². The molecule has 1 saturated heterocycles. The molecule has 26 heavy (non-hydrogen) atoms. The van der Waals surface area contributed by atoms with Crippen LogP contribution >= 0.6 is 11.3 Å². The van der Waals surface area contributed by atoms with Gasteiger partial charge in [-0.1, -0.05) is 18.2 Å². The largest absolute Gasteiger partial charge is 0.378 e. The summed E-state index contributed by atoms with van der Waals surface area (Å²) in [6, 6.07) is 19.7. The number of hydrogen-bond acceptors (Lipinski definition) is 4. The average molecular weight is 364 g/mol. The number of thiophene rings is 1. The molecule has 0 bridgehead atoms. The Morgan fingerprint density at radius 2 is 1.81 bits per heavy atom. The van der Waals surface area contributed by atoms with Crippen LogP contribution in [0, 0.1) is 0 Å². The van der Waals surface area contributed by atoms with Crippen LogP contribution in [0.2, 0.25) is 0 Å². The number of rotatable bonds is 5. The van der Waals surface area contributed by atoms with E-state index in [-0.39, 0.29) is 5.91 Å². The highest BCUT2D eigenvalue weighted by molar-refractivity contribution is 7.13. The minimum Gasteiger partial charge on any atom is -0.378 e. The third kappa shape index (κ3) is 3.49. The van der Waals surface area contributed by atoms with Crippen LogP contribution < -0.4 is 10.2 Å². The third-order valence-corrected chi connectivity index (χ3v) is 5.54. The molecule has 0 radical (unpaired) electrons. The molecule has 4 rings (SSSR count). The van der Waals surface area contributed by atoms with E-state index in [1.807, 2.05) is 54.6 Å². The number of hydrogen-bond donors (Lipinski definition) is 1. The third-order valence-electron chi connectivity index (χ3n) is 4.62. The first-order valence-electron chi connectivity index (χ1n) is 8.56. The molecule has 0 atom stereocenters. The van der Waals surface area contributed by atoms with Gasteiger partial charge in [-0.05, 0) is 53.4 Å². The van der Waals surface area contributed by atoms with E-state index in [0.717, 1.165) is 30.0 Å². The molecule has 132 valence electrons. The molecule has 0 saturated carbocycles. The smallest absolute Gasteiger partial charge is 0.255 e. The molecule has 0 spiro atoms. The molecule has 0 unspecified atom stereocenters. The maximum Gasteiger partial charge on any atom is 0.255 e. The Labute approximate surface area is 157 Å². The van der Waals surface area contributed by atoms with Crippen molar-refractivity contribution < 1.29 is 9.53 Å². The van der Waals surface area contributed by atoms with Crippen LogP contribution in [0.4, 0.5) is 11.4 Å². The summed E-state index contributed by atoms with van der Waals surface area (Å²) in [4.78, 5) is 15.9. The van der Waals surface area contributed by atoms with E-state index in [0.29, 0.717) is 11.7 Å². The second-order valence-electron chi connectivity index (χ2n) is 6.32. The van der Waals surface area contributed by atoms with Gasteiger partial charge < -0.3 is 15.0 Å². The Balaban J connectivity index is 1.38. The summed E-state index contributed by atoms with van der Waals surface area (Å²) >= 11 is 1.69. The van der Waals surface area contributed by atoms with E-state index >= 15 is 0 Å². The number of nitrogens with zero attached hydrogens (tertiary/aromatic N) is 1. The van der Waals surface area contributed by atoms with E-state index in [4.69, 9.17) is 4.74 Å². The van der Waals surface area contributed by atoms with Gasteiger partial charge in [0.1, 0.15) is 0 Å². The molecule has 1 fully saturated rings. The number of ether oxygens (including phenoxy) is 1. The Morgan fingerprint density at radius 3 is 2.42 bits per heavy atom. The first kappa shape index (κ1) is 16.8. The summed E-state index contributed by atoms with van der Waals surface area (Å²) in [5.74, 6) is -0.0983. The predicted octanol–water partition coefficient (Wildman–Crippen LogP) is 4.50. The molecule has 2 heterocycles. The number of amides is 1. The molecule has 1 aromatic heterocycles. The van der Waals surface area contributed by atoms with Crippen LogP contribution in [-0.4, -0.2) is 32.2 Å². The fourth-order valence-corrected chi connectivity index (χ4v) is 3.72. The first-order valence-corrected chi connectivity index (χ1v) is 9.44. The van der Waals surface area contributed by atoms with Gasteiger partial charge >= 0.3 is 0 Å². The Bertz CT molecular complexity index is 867. The van der Waals surface area contributed by atoms with Gasteiger partial charge in [0, 0.05) is 42.0 Å². The van der Waals surface area contributed by atoms with E-state index in [2.05, 4.69) is 21.7 Å². The van der Waals surface area contributed by atoms with Gasteiger partial charge in [-0.25, -0.2) is 0 Å². The monoisotopic (exact) mass is 364 g/mol. The fourth-order valence-electron chi connectivity index (χ4n) is 2.99. The van der Waals surface area contributed by atoms with Crippen molar-refractivity contribution in [2.75, 3.05) is 30.4 Å². The van der Waals surface area contributed by atoms with Gasteiger partial charge in [0.05, 0.1) is 6.10 Å². The van der Waals surface area contributed by atoms with Crippen molar-refractivity contribution >= 4 is 28.6 Å². The minimum atomic E-state index is -0.0983. The van der Waals surface area contributed by atoms with Gasteiger partial charge in [0.15, 0.2) is 0 Å². The Morgan fingerprint density at radius 1 is 1.08 bits per heavy atom. The number of carbonyl (C=O) groups excluding carboxylic acids is 1. The van der Waals surface area contributed by atoms with Crippen molar-refractivity contribution in [3.63, 3.8) is 0 Å². The highest BCUT2D eigenvalue weighted by Crippen LogP contribution is 2.26. The number of carbonyl (C=O) groups is 1. The maximum absolute atomic E-state index is 12.4.